The highest BCUT2D eigenvalue weighted by atomic mass is 32.1. The maximum atomic E-state index is 13.1. The number of rotatable bonds is 4. The first kappa shape index (κ1) is 19.3. The van der Waals surface area contributed by atoms with E-state index >= 15 is 0 Å². The molecule has 0 aliphatic carbocycles. The van der Waals surface area contributed by atoms with E-state index in [2.05, 4.69) is 4.98 Å². The minimum Gasteiger partial charge on any atom is -0.443 e. The fourth-order valence-electron chi connectivity index (χ4n) is 3.56. The summed E-state index contributed by atoms with van der Waals surface area (Å²) in [5.41, 5.74) is 0.949. The Morgan fingerprint density at radius 1 is 1.17 bits per heavy atom. The molecule has 0 N–H and O–H groups in total. The highest BCUT2D eigenvalue weighted by Crippen LogP contribution is 2.30. The number of aryl methyl sites for hydroxylation is 2. The fourth-order valence-corrected chi connectivity index (χ4v) is 4.58. The lowest BCUT2D eigenvalue weighted by atomic mass is 10.1. The highest BCUT2D eigenvalue weighted by molar-refractivity contribution is 7.20. The number of benzene rings is 1. The third-order valence-corrected chi connectivity index (χ3v) is 6.35. The zero-order chi connectivity index (χ0) is 20.5. The molecule has 7 nitrogen and oxygen atoms in total. The zero-order valence-corrected chi connectivity index (χ0v) is 17.1. The second-order valence-electron chi connectivity index (χ2n) is 7.13. The van der Waals surface area contributed by atoms with Gasteiger partial charge in [0.05, 0.1) is 11.7 Å². The number of hydrogen-bond acceptors (Lipinski definition) is 6. The summed E-state index contributed by atoms with van der Waals surface area (Å²) in [5, 5.41) is 0.411. The Labute approximate surface area is 171 Å². The number of carbonyl (C=O) groups is 2. The van der Waals surface area contributed by atoms with Crippen LogP contribution >= 0.6 is 11.3 Å². The van der Waals surface area contributed by atoms with E-state index in [1.807, 2.05) is 18.2 Å². The van der Waals surface area contributed by atoms with E-state index in [1.165, 1.54) is 10.9 Å². The van der Waals surface area contributed by atoms with Crippen molar-refractivity contribution in [1.82, 2.24) is 14.5 Å². The summed E-state index contributed by atoms with van der Waals surface area (Å²) >= 11 is 1.11. The third-order valence-electron chi connectivity index (χ3n) is 5.17. The van der Waals surface area contributed by atoms with E-state index in [4.69, 9.17) is 4.74 Å². The first-order chi connectivity index (χ1) is 14.0. The number of hydrogen-bond donors (Lipinski definition) is 0. The number of amides is 1. The van der Waals surface area contributed by atoms with Gasteiger partial charge in [-0.05, 0) is 25.3 Å². The van der Waals surface area contributed by atoms with Crippen molar-refractivity contribution in [2.24, 2.45) is 7.05 Å². The van der Waals surface area contributed by atoms with Crippen molar-refractivity contribution < 1.29 is 14.3 Å². The molecule has 29 heavy (non-hydrogen) atoms. The summed E-state index contributed by atoms with van der Waals surface area (Å²) in [6.45, 7) is 3.04. The molecule has 1 aromatic carbocycles. The molecule has 0 radical (unpaired) electrons. The van der Waals surface area contributed by atoms with Gasteiger partial charge in [-0.25, -0.2) is 9.78 Å². The number of nitrogens with zero attached hydrogens (tertiary/aromatic N) is 3. The quantitative estimate of drug-likeness (QED) is 0.617. The van der Waals surface area contributed by atoms with Crippen LogP contribution in [0.3, 0.4) is 0 Å². The summed E-state index contributed by atoms with van der Waals surface area (Å²) in [4.78, 5) is 45.3. The van der Waals surface area contributed by atoms with Crippen molar-refractivity contribution in [3.63, 3.8) is 0 Å². The smallest absolute Gasteiger partial charge is 0.349 e. The van der Waals surface area contributed by atoms with Crippen LogP contribution in [0.15, 0.2) is 41.5 Å². The van der Waals surface area contributed by atoms with Crippen molar-refractivity contribution >= 4 is 33.4 Å². The van der Waals surface area contributed by atoms with Gasteiger partial charge in [-0.15, -0.1) is 11.3 Å². The van der Waals surface area contributed by atoms with E-state index in [0.717, 1.165) is 24.2 Å². The summed E-state index contributed by atoms with van der Waals surface area (Å²) in [6.07, 6.45) is 2.32. The maximum absolute atomic E-state index is 13.1. The molecule has 0 spiro atoms. The first-order valence-corrected chi connectivity index (χ1v) is 10.3. The number of likely N-dealkylation sites (tertiary alicyclic amines) is 1. The fraction of sp³-hybridized carbons (Fsp3) is 0.333. The Morgan fingerprint density at radius 2 is 1.86 bits per heavy atom. The van der Waals surface area contributed by atoms with Gasteiger partial charge in [-0.3, -0.25) is 9.59 Å². The largest absolute Gasteiger partial charge is 0.443 e. The van der Waals surface area contributed by atoms with Crippen LogP contribution in [0.1, 0.15) is 39.7 Å². The van der Waals surface area contributed by atoms with Crippen molar-refractivity contribution in [3.8, 4) is 0 Å². The molecule has 1 aliphatic rings. The minimum absolute atomic E-state index is 0.212. The SMILES string of the molecule is Cc1c(C(=O)O[C@H](C(=O)N2CCCC2)c2ccccc2)sc2ncn(C)c(=O)c12. The third kappa shape index (κ3) is 3.55. The van der Waals surface area contributed by atoms with Crippen molar-refractivity contribution in [1.29, 1.82) is 0 Å². The molecule has 4 rings (SSSR count). The highest BCUT2D eigenvalue weighted by Gasteiger charge is 2.32. The monoisotopic (exact) mass is 411 g/mol. The van der Waals surface area contributed by atoms with Crippen LogP contribution in [0.4, 0.5) is 0 Å². The molecule has 0 unspecified atom stereocenters. The lowest BCUT2D eigenvalue weighted by molar-refractivity contribution is -0.140. The van der Waals surface area contributed by atoms with Crippen LogP contribution in [0.25, 0.3) is 10.2 Å². The second kappa shape index (κ2) is 7.79. The number of esters is 1. The standard InChI is InChI=1S/C21H21N3O4S/c1-13-15-18(22-12-23(2)19(15)25)29-17(13)21(27)28-16(14-8-4-3-5-9-14)20(26)24-10-6-7-11-24/h3-5,8-9,12,16H,6-7,10-11H2,1-2H3/t16-/m0/s1. The average Bonchev–Trinajstić information content (AvgIpc) is 3.38. The molecule has 1 fully saturated rings. The van der Waals surface area contributed by atoms with E-state index < -0.39 is 12.1 Å². The van der Waals surface area contributed by atoms with Gasteiger partial charge in [0.1, 0.15) is 9.71 Å². The van der Waals surface area contributed by atoms with E-state index in [9.17, 15) is 14.4 Å². The van der Waals surface area contributed by atoms with Gasteiger partial charge < -0.3 is 14.2 Å². The first-order valence-electron chi connectivity index (χ1n) is 9.47. The molecular weight excluding hydrogens is 390 g/mol. The van der Waals surface area contributed by atoms with E-state index in [-0.39, 0.29) is 11.5 Å². The van der Waals surface area contributed by atoms with Crippen LogP contribution in [0, 0.1) is 6.92 Å². The Bertz CT molecular complexity index is 1130. The van der Waals surface area contributed by atoms with Crippen molar-refractivity contribution in [2.75, 3.05) is 13.1 Å². The van der Waals surface area contributed by atoms with Crippen LogP contribution in [0.2, 0.25) is 0 Å². The second-order valence-corrected chi connectivity index (χ2v) is 8.12. The van der Waals surface area contributed by atoms with Gasteiger partial charge in [0.2, 0.25) is 6.10 Å². The number of fused-ring (bicyclic) bond motifs is 1. The van der Waals surface area contributed by atoms with Crippen molar-refractivity contribution in [2.45, 2.75) is 25.9 Å². The van der Waals surface area contributed by atoms with Crippen molar-refractivity contribution in [3.05, 3.63) is 63.0 Å². The van der Waals surface area contributed by atoms with Gasteiger partial charge >= 0.3 is 5.97 Å². The number of aromatic nitrogens is 2. The summed E-state index contributed by atoms with van der Waals surface area (Å²) in [6, 6.07) is 9.03. The number of thiophene rings is 1. The van der Waals surface area contributed by atoms with Crippen LogP contribution < -0.4 is 5.56 Å². The zero-order valence-electron chi connectivity index (χ0n) is 16.3. The van der Waals surface area contributed by atoms with Crippen LogP contribution in [-0.2, 0) is 16.6 Å². The van der Waals surface area contributed by atoms with Gasteiger partial charge in [0.25, 0.3) is 11.5 Å². The molecule has 1 aliphatic heterocycles. The number of carbonyl (C=O) groups excluding carboxylic acids is 2. The lowest BCUT2D eigenvalue weighted by Gasteiger charge is -2.23. The average molecular weight is 411 g/mol. The molecule has 1 atom stereocenters. The number of ether oxygens (including phenoxy) is 1. The molecule has 3 heterocycles. The molecule has 1 saturated heterocycles. The normalized spacial score (nSPS) is 14.9. The van der Waals surface area contributed by atoms with E-state index in [1.54, 1.807) is 31.0 Å². The summed E-state index contributed by atoms with van der Waals surface area (Å²) in [7, 11) is 1.62. The molecule has 3 aromatic rings. The summed E-state index contributed by atoms with van der Waals surface area (Å²) in [5.74, 6) is -0.830. The Hall–Kier alpha value is -3.00. The maximum Gasteiger partial charge on any atom is 0.349 e. The molecule has 2 aromatic heterocycles. The Morgan fingerprint density at radius 3 is 2.55 bits per heavy atom. The Balaban J connectivity index is 1.69. The molecule has 8 heteroatoms. The predicted molar refractivity (Wildman–Crippen MR) is 110 cm³/mol. The Kier molecular flexibility index (Phi) is 5.19. The molecule has 1 amide bonds. The van der Waals surface area contributed by atoms with Gasteiger partial charge in [0, 0.05) is 25.7 Å². The molecule has 150 valence electrons. The topological polar surface area (TPSA) is 81.5 Å². The minimum atomic E-state index is -1.01. The van der Waals surface area contributed by atoms with E-state index in [0.29, 0.717) is 39.3 Å². The summed E-state index contributed by atoms with van der Waals surface area (Å²) < 4.78 is 7.10. The molecule has 0 saturated carbocycles. The predicted octanol–water partition coefficient (Wildman–Crippen LogP) is 2.82. The molecule has 0 bridgehead atoms. The lowest BCUT2D eigenvalue weighted by Crippen LogP contribution is -2.34. The van der Waals surface area contributed by atoms with Gasteiger partial charge in [0.15, 0.2) is 0 Å². The van der Waals surface area contributed by atoms with Gasteiger partial charge in [-0.1, -0.05) is 30.3 Å². The van der Waals surface area contributed by atoms with Gasteiger partial charge in [-0.2, -0.15) is 0 Å². The van der Waals surface area contributed by atoms with Crippen LogP contribution in [-0.4, -0.2) is 39.4 Å². The van der Waals surface area contributed by atoms with Crippen LogP contribution in [0.5, 0.6) is 0 Å². The molecular formula is C21H21N3O4S.